The van der Waals surface area contributed by atoms with Crippen LogP contribution < -0.4 is 10.5 Å². The molecule has 0 radical (unpaired) electrons. The van der Waals surface area contributed by atoms with Crippen molar-refractivity contribution >= 4 is 0 Å². The van der Waals surface area contributed by atoms with Crippen LogP contribution in [0.25, 0.3) is 0 Å². The second-order valence-electron chi connectivity index (χ2n) is 5.62. The Balaban J connectivity index is 2.16. The molecule has 0 saturated heterocycles. The topological polar surface area (TPSA) is 35.2 Å². The molecule has 0 aromatic heterocycles. The summed E-state index contributed by atoms with van der Waals surface area (Å²) in [6.45, 7) is 2.14. The summed E-state index contributed by atoms with van der Waals surface area (Å²) in [6, 6.07) is 4.06. The number of benzene rings is 1. The van der Waals surface area contributed by atoms with Crippen LogP contribution in [0.3, 0.4) is 0 Å². The minimum atomic E-state index is -4.40. The largest absolute Gasteiger partial charge is 0.493 e. The number of hydrogen-bond acceptors (Lipinski definition) is 2. The van der Waals surface area contributed by atoms with Crippen molar-refractivity contribution < 1.29 is 17.9 Å². The smallest absolute Gasteiger partial charge is 0.419 e. The summed E-state index contributed by atoms with van der Waals surface area (Å²) in [6.07, 6.45) is -0.740. The van der Waals surface area contributed by atoms with Crippen molar-refractivity contribution in [1.29, 1.82) is 0 Å². The highest BCUT2D eigenvalue weighted by Crippen LogP contribution is 2.38. The molecular weight excluding hydrogens is 267 g/mol. The second-order valence-corrected chi connectivity index (χ2v) is 5.62. The number of alkyl halides is 3. The Kier molecular flexibility index (Phi) is 4.58. The van der Waals surface area contributed by atoms with E-state index >= 15 is 0 Å². The van der Waals surface area contributed by atoms with Crippen LogP contribution in [0, 0.1) is 5.92 Å². The molecule has 0 heterocycles. The molecule has 0 aliphatic heterocycles. The summed E-state index contributed by atoms with van der Waals surface area (Å²) in [7, 11) is 0. The molecule has 2 rings (SSSR count). The normalized spacial score (nSPS) is 17.6. The lowest BCUT2D eigenvalue weighted by molar-refractivity contribution is -0.139. The van der Waals surface area contributed by atoms with E-state index in [0.717, 1.165) is 25.3 Å². The summed E-state index contributed by atoms with van der Waals surface area (Å²) in [5.41, 5.74) is 5.52. The van der Waals surface area contributed by atoms with Crippen LogP contribution in [0.4, 0.5) is 13.2 Å². The predicted octanol–water partition coefficient (Wildman–Crippen LogP) is 3.77. The van der Waals surface area contributed by atoms with Gasteiger partial charge in [0, 0.05) is 6.04 Å². The number of ether oxygens (including phenoxy) is 1. The van der Waals surface area contributed by atoms with Crippen molar-refractivity contribution in [2.75, 3.05) is 6.61 Å². The van der Waals surface area contributed by atoms with E-state index in [2.05, 4.69) is 0 Å². The average Bonchev–Trinajstić information content (AvgIpc) is 2.26. The highest BCUT2D eigenvalue weighted by atomic mass is 19.4. The van der Waals surface area contributed by atoms with Crippen LogP contribution in [0.15, 0.2) is 18.2 Å². The van der Waals surface area contributed by atoms with Crippen LogP contribution >= 0.6 is 0 Å². The van der Waals surface area contributed by atoms with E-state index in [1.165, 1.54) is 6.07 Å². The van der Waals surface area contributed by atoms with Gasteiger partial charge in [0.2, 0.25) is 0 Å². The molecule has 2 nitrogen and oxygen atoms in total. The minimum absolute atomic E-state index is 0.0715. The first-order valence-electron chi connectivity index (χ1n) is 6.95. The third-order valence-electron chi connectivity index (χ3n) is 3.61. The standard InChI is InChI=1S/C15H20F3NO/c1-10(19)7-12-5-6-14(13(8-12)15(16,17)18)20-9-11-3-2-4-11/h5-6,8,10-11H,2-4,7,9,19H2,1H3. The van der Waals surface area contributed by atoms with Gasteiger partial charge in [-0.1, -0.05) is 12.5 Å². The van der Waals surface area contributed by atoms with Crippen molar-refractivity contribution in [3.63, 3.8) is 0 Å². The van der Waals surface area contributed by atoms with Crippen LogP contribution in [0.1, 0.15) is 37.3 Å². The molecule has 1 aliphatic carbocycles. The summed E-state index contributed by atoms with van der Waals surface area (Å²) in [5.74, 6) is 0.331. The molecule has 5 heteroatoms. The number of halogens is 3. The van der Waals surface area contributed by atoms with Crippen molar-refractivity contribution in [2.24, 2.45) is 11.7 Å². The van der Waals surface area contributed by atoms with Gasteiger partial charge in [-0.2, -0.15) is 13.2 Å². The molecule has 1 aromatic carbocycles. The van der Waals surface area contributed by atoms with Crippen LogP contribution in [0.2, 0.25) is 0 Å². The molecule has 0 bridgehead atoms. The first-order chi connectivity index (χ1) is 9.36. The van der Waals surface area contributed by atoms with E-state index in [1.54, 1.807) is 13.0 Å². The second kappa shape index (κ2) is 6.04. The lowest BCUT2D eigenvalue weighted by Crippen LogP contribution is -2.21. The van der Waals surface area contributed by atoms with Crippen LogP contribution in [-0.2, 0) is 12.6 Å². The molecule has 1 unspecified atom stereocenters. The lowest BCUT2D eigenvalue weighted by Gasteiger charge is -2.26. The fourth-order valence-corrected chi connectivity index (χ4v) is 2.29. The molecule has 1 atom stereocenters. The summed E-state index contributed by atoms with van der Waals surface area (Å²) < 4.78 is 44.6. The monoisotopic (exact) mass is 287 g/mol. The van der Waals surface area contributed by atoms with Gasteiger partial charge >= 0.3 is 6.18 Å². The van der Waals surface area contributed by atoms with E-state index in [9.17, 15) is 13.2 Å². The van der Waals surface area contributed by atoms with E-state index in [-0.39, 0.29) is 11.8 Å². The molecule has 1 aromatic rings. The SMILES string of the molecule is CC(N)Cc1ccc(OCC2CCC2)c(C(F)(F)F)c1. The first-order valence-corrected chi connectivity index (χ1v) is 6.95. The van der Waals surface area contributed by atoms with Gasteiger partial charge in [-0.15, -0.1) is 0 Å². The van der Waals surface area contributed by atoms with Crippen molar-refractivity contribution in [2.45, 2.75) is 44.8 Å². The maximum Gasteiger partial charge on any atom is 0.419 e. The molecule has 0 spiro atoms. The Morgan fingerprint density at radius 1 is 1.35 bits per heavy atom. The van der Waals surface area contributed by atoms with Gasteiger partial charge < -0.3 is 10.5 Å². The number of rotatable bonds is 5. The Labute approximate surface area is 117 Å². The number of nitrogens with two attached hydrogens (primary N) is 1. The summed E-state index contributed by atoms with van der Waals surface area (Å²) in [4.78, 5) is 0. The Hall–Kier alpha value is -1.23. The fourth-order valence-electron chi connectivity index (χ4n) is 2.29. The van der Waals surface area contributed by atoms with E-state index in [1.807, 2.05) is 0 Å². The Morgan fingerprint density at radius 2 is 2.05 bits per heavy atom. The minimum Gasteiger partial charge on any atom is -0.493 e. The van der Waals surface area contributed by atoms with E-state index in [0.29, 0.717) is 24.5 Å². The van der Waals surface area contributed by atoms with Gasteiger partial charge in [-0.25, -0.2) is 0 Å². The molecule has 20 heavy (non-hydrogen) atoms. The Morgan fingerprint density at radius 3 is 2.55 bits per heavy atom. The lowest BCUT2D eigenvalue weighted by atomic mass is 9.86. The van der Waals surface area contributed by atoms with Gasteiger partial charge in [0.05, 0.1) is 12.2 Å². The highest BCUT2D eigenvalue weighted by Gasteiger charge is 2.35. The van der Waals surface area contributed by atoms with Gasteiger partial charge in [0.1, 0.15) is 5.75 Å². The predicted molar refractivity (Wildman–Crippen MR) is 71.6 cm³/mol. The van der Waals surface area contributed by atoms with Gasteiger partial charge in [0.25, 0.3) is 0 Å². The summed E-state index contributed by atoms with van der Waals surface area (Å²) in [5, 5.41) is 0. The molecule has 1 aliphatic rings. The highest BCUT2D eigenvalue weighted by molar-refractivity contribution is 5.39. The molecular formula is C15H20F3NO. The number of hydrogen-bond donors (Lipinski definition) is 1. The van der Waals surface area contributed by atoms with Crippen molar-refractivity contribution in [3.05, 3.63) is 29.3 Å². The molecule has 1 saturated carbocycles. The molecule has 1 fully saturated rings. The van der Waals surface area contributed by atoms with Crippen molar-refractivity contribution in [3.8, 4) is 5.75 Å². The van der Waals surface area contributed by atoms with Crippen LogP contribution in [-0.4, -0.2) is 12.6 Å². The molecule has 2 N–H and O–H groups in total. The van der Waals surface area contributed by atoms with E-state index in [4.69, 9.17) is 10.5 Å². The zero-order valence-electron chi connectivity index (χ0n) is 11.5. The van der Waals surface area contributed by atoms with Gasteiger partial charge in [0.15, 0.2) is 0 Å². The third kappa shape index (κ3) is 3.88. The van der Waals surface area contributed by atoms with E-state index < -0.39 is 11.7 Å². The van der Waals surface area contributed by atoms with Gasteiger partial charge in [-0.3, -0.25) is 0 Å². The first kappa shape index (κ1) is 15.2. The quantitative estimate of drug-likeness (QED) is 0.894. The van der Waals surface area contributed by atoms with Crippen molar-refractivity contribution in [1.82, 2.24) is 0 Å². The third-order valence-corrected chi connectivity index (χ3v) is 3.61. The fraction of sp³-hybridized carbons (Fsp3) is 0.600. The van der Waals surface area contributed by atoms with Crippen LogP contribution in [0.5, 0.6) is 5.75 Å². The zero-order valence-corrected chi connectivity index (χ0v) is 11.5. The molecule has 0 amide bonds. The average molecular weight is 287 g/mol. The zero-order chi connectivity index (χ0) is 14.8. The van der Waals surface area contributed by atoms with Gasteiger partial charge in [-0.05, 0) is 49.8 Å². The Bertz CT molecular complexity index is 453. The maximum absolute atomic E-state index is 13.1. The maximum atomic E-state index is 13.1. The summed E-state index contributed by atoms with van der Waals surface area (Å²) >= 11 is 0. The molecule has 112 valence electrons.